The van der Waals surface area contributed by atoms with Crippen LogP contribution in [0.15, 0.2) is 48.5 Å². The number of aliphatic hydroxyl groups excluding tert-OH is 1. The van der Waals surface area contributed by atoms with Crippen molar-refractivity contribution in [2.45, 2.75) is 44.4 Å². The number of aliphatic hydroxyl groups is 1. The van der Waals surface area contributed by atoms with Crippen molar-refractivity contribution < 1.29 is 19.4 Å². The summed E-state index contributed by atoms with van der Waals surface area (Å²) in [4.78, 5) is 13.3. The first-order valence-corrected chi connectivity index (χ1v) is 12.3. The predicted octanol–water partition coefficient (Wildman–Crippen LogP) is 4.52. The maximum atomic E-state index is 13.3. The lowest BCUT2D eigenvalue weighted by atomic mass is 9.89. The number of benzene rings is 3. The molecule has 0 unspecified atom stereocenters. The second kappa shape index (κ2) is 6.23. The number of amides is 1. The van der Waals surface area contributed by atoms with Gasteiger partial charge < -0.3 is 29.0 Å². The number of aromatic nitrogens is 2. The largest absolute Gasteiger partial charge is 0.393 e. The van der Waals surface area contributed by atoms with Crippen molar-refractivity contribution in [3.05, 3.63) is 59.7 Å². The molecule has 8 rings (SSSR count). The van der Waals surface area contributed by atoms with Crippen LogP contribution in [-0.4, -0.2) is 39.0 Å². The van der Waals surface area contributed by atoms with Crippen LogP contribution in [-0.2, 0) is 21.7 Å². The van der Waals surface area contributed by atoms with Crippen molar-refractivity contribution in [2.24, 2.45) is 0 Å². The molecule has 3 atom stereocenters. The van der Waals surface area contributed by atoms with Gasteiger partial charge in [0.15, 0.2) is 5.72 Å². The molecule has 2 N–H and O–H groups in total. The van der Waals surface area contributed by atoms with E-state index in [-0.39, 0.29) is 18.7 Å². The number of hydrogen-bond acceptors (Lipinski definition) is 4. The number of hydrogen-bond donors (Lipinski definition) is 2. The van der Waals surface area contributed by atoms with Crippen molar-refractivity contribution in [3.63, 3.8) is 0 Å². The van der Waals surface area contributed by atoms with Crippen LogP contribution in [0.3, 0.4) is 0 Å². The fourth-order valence-corrected chi connectivity index (χ4v) is 7.23. The molecule has 0 spiro atoms. The van der Waals surface area contributed by atoms with Crippen LogP contribution in [0.4, 0.5) is 0 Å². The van der Waals surface area contributed by atoms with E-state index in [4.69, 9.17) is 9.47 Å². The predicted molar refractivity (Wildman–Crippen MR) is 133 cm³/mol. The molecule has 1 saturated heterocycles. The number of carbonyl (C=O) groups excluding carboxylic acids is 1. The van der Waals surface area contributed by atoms with Gasteiger partial charge in [-0.05, 0) is 31.5 Å². The molecule has 5 heterocycles. The molecule has 2 aromatic heterocycles. The lowest BCUT2D eigenvalue weighted by molar-refractivity contribution is -0.210. The fraction of sp³-hybridized carbons (Fsp3) is 0.321. The van der Waals surface area contributed by atoms with Crippen LogP contribution in [0, 0.1) is 0 Å². The molecular formula is C28H25N3O4. The summed E-state index contributed by atoms with van der Waals surface area (Å²) in [5.74, 6) is -0.0257. The number of fused-ring (bicyclic) bond motifs is 13. The van der Waals surface area contributed by atoms with Gasteiger partial charge in [0.05, 0.1) is 34.2 Å². The van der Waals surface area contributed by atoms with E-state index in [0.717, 1.165) is 54.7 Å². The van der Waals surface area contributed by atoms with Gasteiger partial charge in [0.2, 0.25) is 0 Å². The minimum Gasteiger partial charge on any atom is -0.393 e. The van der Waals surface area contributed by atoms with Crippen molar-refractivity contribution in [2.75, 3.05) is 13.2 Å². The minimum atomic E-state index is -0.957. The smallest absolute Gasteiger partial charge is 0.252 e. The number of ether oxygens (including phenoxy) is 2. The zero-order valence-corrected chi connectivity index (χ0v) is 19.6. The van der Waals surface area contributed by atoms with Gasteiger partial charge in [-0.2, -0.15) is 0 Å². The SMILES string of the molecule is CCO[C@]1(CO)C[C@H]2O[C@]1(C)n1c3ccccc3c3c4c(c5c6ccccc6n2c5c31)C(=O)NC4. The van der Waals surface area contributed by atoms with Gasteiger partial charge in [0.25, 0.3) is 5.91 Å². The van der Waals surface area contributed by atoms with Crippen molar-refractivity contribution in [1.29, 1.82) is 0 Å². The highest BCUT2D eigenvalue weighted by Gasteiger charge is 2.62. The third kappa shape index (κ3) is 2.01. The van der Waals surface area contributed by atoms with E-state index < -0.39 is 11.3 Å². The van der Waals surface area contributed by atoms with Gasteiger partial charge >= 0.3 is 0 Å². The van der Waals surface area contributed by atoms with Crippen LogP contribution in [0.25, 0.3) is 43.6 Å². The molecule has 0 aliphatic carbocycles. The van der Waals surface area contributed by atoms with E-state index in [1.165, 1.54) is 0 Å². The lowest BCUT2D eigenvalue weighted by Crippen LogP contribution is -2.54. The Morgan fingerprint density at radius 3 is 2.54 bits per heavy atom. The third-order valence-electron chi connectivity index (χ3n) is 8.62. The number of carbonyl (C=O) groups is 1. The monoisotopic (exact) mass is 467 g/mol. The molecule has 7 heteroatoms. The maximum absolute atomic E-state index is 13.3. The Labute approximate surface area is 200 Å². The molecule has 0 radical (unpaired) electrons. The molecule has 7 nitrogen and oxygen atoms in total. The van der Waals surface area contributed by atoms with Crippen LogP contribution in [0.5, 0.6) is 0 Å². The Balaban J connectivity index is 1.72. The van der Waals surface area contributed by atoms with E-state index in [2.05, 4.69) is 38.7 Å². The third-order valence-corrected chi connectivity index (χ3v) is 8.62. The van der Waals surface area contributed by atoms with E-state index in [0.29, 0.717) is 19.6 Å². The Hall–Kier alpha value is -3.39. The minimum absolute atomic E-state index is 0.0257. The summed E-state index contributed by atoms with van der Waals surface area (Å²) in [5.41, 5.74) is 4.00. The normalized spacial score (nSPS) is 26.9. The highest BCUT2D eigenvalue weighted by Crippen LogP contribution is 2.58. The van der Waals surface area contributed by atoms with Crippen LogP contribution >= 0.6 is 0 Å². The quantitative estimate of drug-likeness (QED) is 0.409. The summed E-state index contributed by atoms with van der Waals surface area (Å²) in [6.45, 7) is 4.80. The standard InChI is InChI=1S/C28H25N3O4/c1-3-34-28(14-32)12-20-30-18-10-6-4-8-15(18)22-23-17(13-29-26(23)33)21-16-9-5-7-11-19(16)31(25(21)24(22)30)27(28,2)35-20/h4-11,20,32H,3,12-14H2,1-2H3,(H,29,33)/t20-,27+,28+/m1/s1. The van der Waals surface area contributed by atoms with E-state index in [1.807, 2.05) is 38.1 Å². The summed E-state index contributed by atoms with van der Waals surface area (Å²) in [7, 11) is 0. The number of para-hydroxylation sites is 2. The average Bonchev–Trinajstić information content (AvgIpc) is 3.56. The van der Waals surface area contributed by atoms with Gasteiger partial charge in [-0.25, -0.2) is 0 Å². The Morgan fingerprint density at radius 1 is 1.09 bits per heavy atom. The van der Waals surface area contributed by atoms with Crippen molar-refractivity contribution >= 4 is 49.5 Å². The topological polar surface area (TPSA) is 77.7 Å². The first-order chi connectivity index (χ1) is 17.0. The summed E-state index contributed by atoms with van der Waals surface area (Å²) in [6.07, 6.45) is 0.142. The van der Waals surface area contributed by atoms with Gasteiger partial charge in [0.1, 0.15) is 11.8 Å². The first-order valence-electron chi connectivity index (χ1n) is 12.3. The molecule has 1 amide bonds. The number of nitrogens with zero attached hydrogens (tertiary/aromatic N) is 2. The summed E-state index contributed by atoms with van der Waals surface area (Å²) < 4.78 is 17.9. The summed E-state index contributed by atoms with van der Waals surface area (Å²) in [5, 5.41) is 18.1. The number of rotatable bonds is 3. The first kappa shape index (κ1) is 19.9. The van der Waals surface area contributed by atoms with Crippen LogP contribution < -0.4 is 5.32 Å². The molecule has 1 fully saturated rings. The molecule has 0 saturated carbocycles. The molecule has 3 aliphatic heterocycles. The molecule has 3 aliphatic rings. The van der Waals surface area contributed by atoms with Crippen LogP contribution in [0.2, 0.25) is 0 Å². The van der Waals surface area contributed by atoms with E-state index in [9.17, 15) is 9.90 Å². The molecule has 35 heavy (non-hydrogen) atoms. The lowest BCUT2D eigenvalue weighted by Gasteiger charge is -2.42. The Kier molecular flexibility index (Phi) is 3.54. The zero-order valence-electron chi connectivity index (χ0n) is 19.6. The molecular weight excluding hydrogens is 442 g/mol. The van der Waals surface area contributed by atoms with Crippen molar-refractivity contribution in [1.82, 2.24) is 14.5 Å². The highest BCUT2D eigenvalue weighted by molar-refractivity contribution is 6.31. The zero-order chi connectivity index (χ0) is 23.7. The Morgan fingerprint density at radius 2 is 1.80 bits per heavy atom. The van der Waals surface area contributed by atoms with E-state index in [1.54, 1.807) is 0 Å². The number of nitrogens with one attached hydrogen (secondary N) is 1. The molecule has 176 valence electrons. The maximum Gasteiger partial charge on any atom is 0.252 e. The molecule has 5 aromatic rings. The second-order valence-corrected chi connectivity index (χ2v) is 10.1. The van der Waals surface area contributed by atoms with Gasteiger partial charge in [-0.15, -0.1) is 0 Å². The average molecular weight is 468 g/mol. The van der Waals surface area contributed by atoms with E-state index >= 15 is 0 Å². The molecule has 2 bridgehead atoms. The van der Waals surface area contributed by atoms with Gasteiger partial charge in [-0.3, -0.25) is 4.79 Å². The molecule has 3 aromatic carbocycles. The summed E-state index contributed by atoms with van der Waals surface area (Å²) in [6, 6.07) is 16.5. The van der Waals surface area contributed by atoms with Crippen LogP contribution in [0.1, 0.15) is 42.4 Å². The summed E-state index contributed by atoms with van der Waals surface area (Å²) >= 11 is 0. The van der Waals surface area contributed by atoms with Gasteiger partial charge in [0, 0.05) is 41.1 Å². The Bertz CT molecular complexity index is 1760. The van der Waals surface area contributed by atoms with Crippen molar-refractivity contribution in [3.8, 4) is 0 Å². The van der Waals surface area contributed by atoms with Gasteiger partial charge in [-0.1, -0.05) is 36.4 Å². The highest BCUT2D eigenvalue weighted by atomic mass is 16.6. The second-order valence-electron chi connectivity index (χ2n) is 10.1. The fourth-order valence-electron chi connectivity index (χ4n) is 7.23.